The lowest BCUT2D eigenvalue weighted by Crippen LogP contribution is -2.35. The van der Waals surface area contributed by atoms with Gasteiger partial charge in [0.1, 0.15) is 0 Å². The highest BCUT2D eigenvalue weighted by Gasteiger charge is 2.28. The van der Waals surface area contributed by atoms with E-state index in [4.69, 9.17) is 0 Å². The first-order valence-electron chi connectivity index (χ1n) is 8.60. The van der Waals surface area contributed by atoms with Gasteiger partial charge in [0.05, 0.1) is 4.90 Å². The number of hydrogen-bond donors (Lipinski definition) is 0. The third kappa shape index (κ3) is 3.08. The SMILES string of the molecule is O=CN1CCCN(S(=O)(=O)c2ccc3c(c2)Cc2cc(Br)ccc2-3)CC1. The van der Waals surface area contributed by atoms with Crippen molar-refractivity contribution in [3.63, 3.8) is 0 Å². The molecule has 7 heteroatoms. The summed E-state index contributed by atoms with van der Waals surface area (Å²) in [6.07, 6.45) is 2.19. The Bertz CT molecular complexity index is 975. The Hall–Kier alpha value is -1.70. The van der Waals surface area contributed by atoms with Gasteiger partial charge in [-0.2, -0.15) is 4.31 Å². The van der Waals surface area contributed by atoms with Crippen molar-refractivity contribution in [1.29, 1.82) is 0 Å². The highest BCUT2D eigenvalue weighted by Crippen LogP contribution is 2.39. The molecule has 1 amide bonds. The largest absolute Gasteiger partial charge is 0.344 e. The van der Waals surface area contributed by atoms with Crippen molar-refractivity contribution in [3.8, 4) is 11.1 Å². The molecular formula is C19H19BrN2O3S. The molecule has 1 heterocycles. The van der Waals surface area contributed by atoms with Gasteiger partial charge >= 0.3 is 0 Å². The van der Waals surface area contributed by atoms with Crippen LogP contribution in [0.15, 0.2) is 45.8 Å². The number of halogens is 1. The van der Waals surface area contributed by atoms with Gasteiger partial charge in [-0.25, -0.2) is 8.42 Å². The molecule has 0 spiro atoms. The maximum Gasteiger partial charge on any atom is 0.243 e. The minimum Gasteiger partial charge on any atom is -0.344 e. The molecule has 2 aromatic carbocycles. The average molecular weight is 435 g/mol. The number of benzene rings is 2. The Morgan fingerprint density at radius 3 is 2.42 bits per heavy atom. The predicted molar refractivity (Wildman–Crippen MR) is 103 cm³/mol. The second-order valence-corrected chi connectivity index (χ2v) is 9.55. The smallest absolute Gasteiger partial charge is 0.243 e. The normalized spacial score (nSPS) is 17.5. The molecule has 5 nitrogen and oxygen atoms in total. The summed E-state index contributed by atoms with van der Waals surface area (Å²) in [6, 6.07) is 11.6. The summed E-state index contributed by atoms with van der Waals surface area (Å²) in [5, 5.41) is 0. The molecule has 0 saturated carbocycles. The fraction of sp³-hybridized carbons (Fsp3) is 0.316. The fourth-order valence-electron chi connectivity index (χ4n) is 3.72. The van der Waals surface area contributed by atoms with Gasteiger partial charge in [-0.15, -0.1) is 0 Å². The summed E-state index contributed by atoms with van der Waals surface area (Å²) >= 11 is 3.49. The van der Waals surface area contributed by atoms with Gasteiger partial charge in [0.2, 0.25) is 16.4 Å². The van der Waals surface area contributed by atoms with E-state index >= 15 is 0 Å². The lowest BCUT2D eigenvalue weighted by Gasteiger charge is -2.20. The van der Waals surface area contributed by atoms with E-state index in [9.17, 15) is 13.2 Å². The van der Waals surface area contributed by atoms with Crippen molar-refractivity contribution < 1.29 is 13.2 Å². The van der Waals surface area contributed by atoms with Crippen LogP contribution in [0.1, 0.15) is 17.5 Å². The second-order valence-electron chi connectivity index (χ2n) is 6.70. The van der Waals surface area contributed by atoms with Crippen LogP contribution in [0.2, 0.25) is 0 Å². The van der Waals surface area contributed by atoms with E-state index in [1.165, 1.54) is 15.4 Å². The Labute approximate surface area is 161 Å². The lowest BCUT2D eigenvalue weighted by molar-refractivity contribution is -0.118. The van der Waals surface area contributed by atoms with Gasteiger partial charge in [-0.3, -0.25) is 4.79 Å². The van der Waals surface area contributed by atoms with Crippen LogP contribution in [-0.2, 0) is 21.2 Å². The van der Waals surface area contributed by atoms with Crippen molar-refractivity contribution in [2.45, 2.75) is 17.7 Å². The summed E-state index contributed by atoms with van der Waals surface area (Å²) in [6.45, 7) is 1.82. The predicted octanol–water partition coefficient (Wildman–Crippen LogP) is 2.87. The number of sulfonamides is 1. The standard InChI is InChI=1S/C19H19BrN2O3S/c20-16-2-4-18-14(11-16)10-15-12-17(3-5-19(15)18)26(24,25)22-7-1-6-21(13-23)8-9-22/h2-5,11-13H,1,6-10H2. The van der Waals surface area contributed by atoms with Crippen LogP contribution in [0.25, 0.3) is 11.1 Å². The first-order chi connectivity index (χ1) is 12.5. The molecule has 1 aliphatic heterocycles. The van der Waals surface area contributed by atoms with E-state index in [2.05, 4.69) is 28.1 Å². The molecule has 0 N–H and O–H groups in total. The van der Waals surface area contributed by atoms with E-state index < -0.39 is 10.0 Å². The third-order valence-electron chi connectivity index (χ3n) is 5.09. The van der Waals surface area contributed by atoms with Crippen LogP contribution in [0, 0.1) is 0 Å². The van der Waals surface area contributed by atoms with Gasteiger partial charge in [0, 0.05) is 30.7 Å². The maximum absolute atomic E-state index is 13.1. The molecular weight excluding hydrogens is 416 g/mol. The topological polar surface area (TPSA) is 57.7 Å². The number of rotatable bonds is 3. The molecule has 0 atom stereocenters. The Morgan fingerprint density at radius 1 is 0.923 bits per heavy atom. The number of amides is 1. The van der Waals surface area contributed by atoms with Crippen molar-refractivity contribution in [1.82, 2.24) is 9.21 Å². The molecule has 2 aromatic rings. The zero-order chi connectivity index (χ0) is 18.3. The molecule has 0 radical (unpaired) electrons. The van der Waals surface area contributed by atoms with E-state index in [1.807, 2.05) is 12.1 Å². The van der Waals surface area contributed by atoms with Crippen LogP contribution in [0.3, 0.4) is 0 Å². The summed E-state index contributed by atoms with van der Waals surface area (Å²) in [5.41, 5.74) is 4.53. The molecule has 2 aliphatic rings. The summed E-state index contributed by atoms with van der Waals surface area (Å²) < 4.78 is 28.7. The monoisotopic (exact) mass is 434 g/mol. The molecule has 0 unspecified atom stereocenters. The minimum atomic E-state index is -3.55. The summed E-state index contributed by atoms with van der Waals surface area (Å²) in [5.74, 6) is 0. The van der Waals surface area contributed by atoms with Crippen LogP contribution in [0.4, 0.5) is 0 Å². The van der Waals surface area contributed by atoms with Crippen LogP contribution >= 0.6 is 15.9 Å². The Morgan fingerprint density at radius 2 is 1.65 bits per heavy atom. The van der Waals surface area contributed by atoms with Crippen LogP contribution in [0.5, 0.6) is 0 Å². The first kappa shape index (κ1) is 17.7. The lowest BCUT2D eigenvalue weighted by atomic mass is 10.1. The maximum atomic E-state index is 13.1. The first-order valence-corrected chi connectivity index (χ1v) is 10.8. The zero-order valence-electron chi connectivity index (χ0n) is 14.2. The van der Waals surface area contributed by atoms with Crippen LogP contribution in [-0.4, -0.2) is 50.2 Å². The average Bonchev–Trinajstić information content (AvgIpc) is 2.80. The third-order valence-corrected chi connectivity index (χ3v) is 7.48. The van der Waals surface area contributed by atoms with E-state index in [0.717, 1.165) is 28.4 Å². The molecule has 26 heavy (non-hydrogen) atoms. The molecule has 0 bridgehead atoms. The highest BCUT2D eigenvalue weighted by atomic mass is 79.9. The van der Waals surface area contributed by atoms with E-state index in [0.29, 0.717) is 37.5 Å². The molecule has 1 aliphatic carbocycles. The van der Waals surface area contributed by atoms with Gasteiger partial charge in [-0.1, -0.05) is 28.1 Å². The highest BCUT2D eigenvalue weighted by molar-refractivity contribution is 9.10. The van der Waals surface area contributed by atoms with Crippen molar-refractivity contribution in [2.75, 3.05) is 26.2 Å². The van der Waals surface area contributed by atoms with Crippen molar-refractivity contribution >= 4 is 32.4 Å². The Balaban J connectivity index is 1.64. The molecule has 1 fully saturated rings. The van der Waals surface area contributed by atoms with Gasteiger partial charge in [0.15, 0.2) is 0 Å². The molecule has 1 saturated heterocycles. The fourth-order valence-corrected chi connectivity index (χ4v) is 5.65. The van der Waals surface area contributed by atoms with Gasteiger partial charge in [0.25, 0.3) is 0 Å². The van der Waals surface area contributed by atoms with E-state index in [1.54, 1.807) is 17.0 Å². The number of hydrogen-bond acceptors (Lipinski definition) is 3. The second kappa shape index (κ2) is 6.79. The number of carbonyl (C=O) groups excluding carboxylic acids is 1. The quantitative estimate of drug-likeness (QED) is 0.595. The number of nitrogens with zero attached hydrogens (tertiary/aromatic N) is 2. The minimum absolute atomic E-state index is 0.336. The number of carbonyl (C=O) groups is 1. The molecule has 136 valence electrons. The van der Waals surface area contributed by atoms with Crippen molar-refractivity contribution in [3.05, 3.63) is 52.0 Å². The zero-order valence-corrected chi connectivity index (χ0v) is 16.6. The molecule has 0 aromatic heterocycles. The number of fused-ring (bicyclic) bond motifs is 3. The van der Waals surface area contributed by atoms with Gasteiger partial charge in [-0.05, 0) is 59.4 Å². The van der Waals surface area contributed by atoms with Crippen molar-refractivity contribution in [2.24, 2.45) is 0 Å². The summed E-state index contributed by atoms with van der Waals surface area (Å²) in [4.78, 5) is 12.9. The summed E-state index contributed by atoms with van der Waals surface area (Å²) in [7, 11) is -3.55. The van der Waals surface area contributed by atoms with E-state index in [-0.39, 0.29) is 0 Å². The Kier molecular flexibility index (Phi) is 4.62. The van der Waals surface area contributed by atoms with Crippen LogP contribution < -0.4 is 0 Å². The van der Waals surface area contributed by atoms with Gasteiger partial charge < -0.3 is 4.90 Å². The molecule has 4 rings (SSSR count).